The van der Waals surface area contributed by atoms with Crippen molar-refractivity contribution in [2.75, 3.05) is 33.4 Å². The van der Waals surface area contributed by atoms with Crippen LogP contribution < -0.4 is 5.32 Å². The number of hydrogen-bond donors (Lipinski definition) is 1. The van der Waals surface area contributed by atoms with Crippen LogP contribution in [-0.4, -0.2) is 50.2 Å². The number of nitrogens with zero attached hydrogens (tertiary/aromatic N) is 1. The highest BCUT2D eigenvalue weighted by molar-refractivity contribution is 7.12. The summed E-state index contributed by atoms with van der Waals surface area (Å²) in [5.41, 5.74) is 0. The highest BCUT2D eigenvalue weighted by atomic mass is 32.1. The second kappa shape index (κ2) is 6.87. The van der Waals surface area contributed by atoms with Crippen LogP contribution in [0.2, 0.25) is 0 Å². The second-order valence-corrected chi connectivity index (χ2v) is 5.46. The molecule has 0 bridgehead atoms. The summed E-state index contributed by atoms with van der Waals surface area (Å²) in [6.45, 7) is 3.09. The maximum atomic E-state index is 12.4. The van der Waals surface area contributed by atoms with Crippen molar-refractivity contribution in [1.82, 2.24) is 10.2 Å². The van der Waals surface area contributed by atoms with Gasteiger partial charge in [-0.2, -0.15) is 0 Å². The third-order valence-corrected chi connectivity index (χ3v) is 4.05. The molecule has 0 aromatic carbocycles. The number of amides is 1. The van der Waals surface area contributed by atoms with Gasteiger partial charge < -0.3 is 15.0 Å². The molecule has 0 spiro atoms. The number of carbonyl (C=O) groups is 1. The second-order valence-electron chi connectivity index (χ2n) is 4.51. The first-order chi connectivity index (χ1) is 8.81. The number of hydrogen-bond acceptors (Lipinski definition) is 4. The molecule has 0 saturated carbocycles. The summed E-state index contributed by atoms with van der Waals surface area (Å²) >= 11 is 1.50. The molecular formula is C13H20N2O2S. The van der Waals surface area contributed by atoms with Crippen LogP contribution >= 0.6 is 11.3 Å². The lowest BCUT2D eigenvalue weighted by Gasteiger charge is -2.25. The first kappa shape index (κ1) is 13.5. The third kappa shape index (κ3) is 3.54. The van der Waals surface area contributed by atoms with E-state index in [-0.39, 0.29) is 5.91 Å². The van der Waals surface area contributed by atoms with Crippen LogP contribution in [0.3, 0.4) is 0 Å². The van der Waals surface area contributed by atoms with Crippen molar-refractivity contribution in [2.24, 2.45) is 0 Å². The van der Waals surface area contributed by atoms with Crippen LogP contribution in [0.15, 0.2) is 17.5 Å². The molecule has 0 aliphatic carbocycles. The molecule has 1 amide bonds. The molecule has 100 valence electrons. The van der Waals surface area contributed by atoms with Crippen molar-refractivity contribution in [3.05, 3.63) is 22.4 Å². The lowest BCUT2D eigenvalue weighted by atomic mass is 10.2. The van der Waals surface area contributed by atoms with Gasteiger partial charge in [0.15, 0.2) is 0 Å². The topological polar surface area (TPSA) is 41.6 Å². The monoisotopic (exact) mass is 268 g/mol. The molecule has 1 fully saturated rings. The van der Waals surface area contributed by atoms with Gasteiger partial charge in [0.05, 0.1) is 11.5 Å². The molecule has 2 rings (SSSR count). The minimum atomic E-state index is 0.121. The summed E-state index contributed by atoms with van der Waals surface area (Å²) in [5.74, 6) is 0.121. The Morgan fingerprint density at radius 3 is 3.17 bits per heavy atom. The predicted octanol–water partition coefficient (Wildman–Crippen LogP) is 1.59. The van der Waals surface area contributed by atoms with Crippen LogP contribution in [0.4, 0.5) is 0 Å². The number of thiophene rings is 1. The first-order valence-electron chi connectivity index (χ1n) is 6.36. The van der Waals surface area contributed by atoms with E-state index in [2.05, 4.69) is 5.32 Å². The van der Waals surface area contributed by atoms with Crippen molar-refractivity contribution in [1.29, 1.82) is 0 Å². The Morgan fingerprint density at radius 1 is 1.67 bits per heavy atom. The number of nitrogens with one attached hydrogen (secondary N) is 1. The van der Waals surface area contributed by atoms with Gasteiger partial charge in [0.25, 0.3) is 5.91 Å². The molecule has 0 radical (unpaired) electrons. The van der Waals surface area contributed by atoms with Crippen molar-refractivity contribution in [2.45, 2.75) is 18.9 Å². The van der Waals surface area contributed by atoms with Crippen molar-refractivity contribution >= 4 is 17.2 Å². The molecule has 1 aromatic heterocycles. The van der Waals surface area contributed by atoms with E-state index in [1.54, 1.807) is 7.11 Å². The molecule has 1 aliphatic rings. The highest BCUT2D eigenvalue weighted by Crippen LogP contribution is 2.14. The zero-order valence-corrected chi connectivity index (χ0v) is 11.5. The van der Waals surface area contributed by atoms with Gasteiger partial charge in [-0.3, -0.25) is 4.79 Å². The molecule has 2 heterocycles. The zero-order valence-electron chi connectivity index (χ0n) is 10.7. The fourth-order valence-corrected chi connectivity index (χ4v) is 2.90. The van der Waals surface area contributed by atoms with E-state index in [0.29, 0.717) is 19.2 Å². The normalized spacial score (nSPS) is 19.1. The fourth-order valence-electron chi connectivity index (χ4n) is 2.21. The van der Waals surface area contributed by atoms with E-state index < -0.39 is 0 Å². The van der Waals surface area contributed by atoms with Gasteiger partial charge in [0.2, 0.25) is 0 Å². The first-order valence-corrected chi connectivity index (χ1v) is 7.24. The van der Waals surface area contributed by atoms with Gasteiger partial charge in [-0.25, -0.2) is 0 Å². The molecule has 1 aromatic rings. The summed E-state index contributed by atoms with van der Waals surface area (Å²) in [7, 11) is 1.67. The summed E-state index contributed by atoms with van der Waals surface area (Å²) < 4.78 is 5.09. The summed E-state index contributed by atoms with van der Waals surface area (Å²) in [5, 5.41) is 5.37. The average molecular weight is 268 g/mol. The maximum Gasteiger partial charge on any atom is 0.264 e. The highest BCUT2D eigenvalue weighted by Gasteiger charge is 2.22. The quantitative estimate of drug-likeness (QED) is 0.852. The number of ether oxygens (including phenoxy) is 1. The third-order valence-electron chi connectivity index (χ3n) is 3.19. The lowest BCUT2D eigenvalue weighted by molar-refractivity contribution is 0.0684. The number of methoxy groups -OCH3 is 1. The Morgan fingerprint density at radius 2 is 2.56 bits per heavy atom. The minimum Gasteiger partial charge on any atom is -0.383 e. The van der Waals surface area contributed by atoms with E-state index in [1.807, 2.05) is 22.4 Å². The molecule has 1 N–H and O–H groups in total. The molecule has 18 heavy (non-hydrogen) atoms. The SMILES string of the molecule is COCCN(CC1CCCN1)C(=O)c1cccs1. The van der Waals surface area contributed by atoms with Gasteiger partial charge in [0, 0.05) is 26.2 Å². The van der Waals surface area contributed by atoms with Gasteiger partial charge in [-0.05, 0) is 30.8 Å². The molecule has 1 atom stereocenters. The number of carbonyl (C=O) groups excluding carboxylic acids is 1. The van der Waals surface area contributed by atoms with Gasteiger partial charge in [0.1, 0.15) is 0 Å². The van der Waals surface area contributed by atoms with E-state index >= 15 is 0 Å². The summed E-state index contributed by atoms with van der Waals surface area (Å²) in [6, 6.07) is 4.24. The summed E-state index contributed by atoms with van der Waals surface area (Å²) in [4.78, 5) is 15.1. The van der Waals surface area contributed by atoms with Crippen molar-refractivity contribution in [3.8, 4) is 0 Å². The van der Waals surface area contributed by atoms with E-state index in [4.69, 9.17) is 4.74 Å². The Kier molecular flexibility index (Phi) is 5.16. The Hall–Kier alpha value is -0.910. The maximum absolute atomic E-state index is 12.4. The molecule has 1 aliphatic heterocycles. The molecule has 1 unspecified atom stereocenters. The largest absolute Gasteiger partial charge is 0.383 e. The van der Waals surface area contributed by atoms with Crippen molar-refractivity contribution in [3.63, 3.8) is 0 Å². The van der Waals surface area contributed by atoms with Gasteiger partial charge in [-0.1, -0.05) is 6.07 Å². The predicted molar refractivity (Wildman–Crippen MR) is 73.1 cm³/mol. The van der Waals surface area contributed by atoms with Gasteiger partial charge >= 0.3 is 0 Å². The van der Waals surface area contributed by atoms with Crippen LogP contribution in [0.1, 0.15) is 22.5 Å². The van der Waals surface area contributed by atoms with Gasteiger partial charge in [-0.15, -0.1) is 11.3 Å². The van der Waals surface area contributed by atoms with E-state index in [9.17, 15) is 4.79 Å². The minimum absolute atomic E-state index is 0.121. The van der Waals surface area contributed by atoms with Crippen LogP contribution in [-0.2, 0) is 4.74 Å². The van der Waals surface area contributed by atoms with Crippen molar-refractivity contribution < 1.29 is 9.53 Å². The summed E-state index contributed by atoms with van der Waals surface area (Å²) in [6.07, 6.45) is 2.36. The lowest BCUT2D eigenvalue weighted by Crippen LogP contribution is -2.42. The number of rotatable bonds is 6. The average Bonchev–Trinajstić information content (AvgIpc) is 3.06. The Bertz CT molecular complexity index is 361. The Balaban J connectivity index is 1.96. The molecule has 5 heteroatoms. The standard InChI is InChI=1S/C13H20N2O2S/c1-17-8-7-15(10-11-4-2-6-14-11)13(16)12-5-3-9-18-12/h3,5,9,11,14H,2,4,6-8,10H2,1H3. The molecule has 1 saturated heterocycles. The van der Waals surface area contributed by atoms with Crippen LogP contribution in [0.25, 0.3) is 0 Å². The zero-order chi connectivity index (χ0) is 12.8. The van der Waals surface area contributed by atoms with Crippen LogP contribution in [0, 0.1) is 0 Å². The van der Waals surface area contributed by atoms with Crippen LogP contribution in [0.5, 0.6) is 0 Å². The smallest absolute Gasteiger partial charge is 0.264 e. The van der Waals surface area contributed by atoms with E-state index in [1.165, 1.54) is 17.8 Å². The van der Waals surface area contributed by atoms with E-state index in [0.717, 1.165) is 24.4 Å². The molecule has 4 nitrogen and oxygen atoms in total. The fraction of sp³-hybridized carbons (Fsp3) is 0.615. The Labute approximate surface area is 112 Å². The molecular weight excluding hydrogens is 248 g/mol.